The van der Waals surface area contributed by atoms with Crippen LogP contribution in [0.4, 0.5) is 0 Å². The molecule has 0 aromatic carbocycles. The molecule has 4 nitrogen and oxygen atoms in total. The summed E-state index contributed by atoms with van der Waals surface area (Å²) in [5.41, 5.74) is 0. The Labute approximate surface area is 84.6 Å². The highest BCUT2D eigenvalue weighted by atomic mass is 16.5. The highest BCUT2D eigenvalue weighted by molar-refractivity contribution is 5.71. The Bertz CT molecular complexity index is 192. The van der Waals surface area contributed by atoms with E-state index in [2.05, 4.69) is 19.2 Å². The zero-order chi connectivity index (χ0) is 10.6. The van der Waals surface area contributed by atoms with Crippen molar-refractivity contribution >= 4 is 5.97 Å². The molecule has 14 heavy (non-hydrogen) atoms. The van der Waals surface area contributed by atoms with E-state index in [0.717, 1.165) is 12.8 Å². The summed E-state index contributed by atoms with van der Waals surface area (Å²) >= 11 is 0. The van der Waals surface area contributed by atoms with E-state index in [4.69, 9.17) is 9.84 Å². The van der Waals surface area contributed by atoms with Crippen molar-refractivity contribution in [2.24, 2.45) is 5.92 Å². The number of rotatable bonds is 5. The van der Waals surface area contributed by atoms with Gasteiger partial charge < -0.3 is 15.2 Å². The maximum Gasteiger partial charge on any atom is 0.310 e. The first-order valence-electron chi connectivity index (χ1n) is 5.25. The van der Waals surface area contributed by atoms with Gasteiger partial charge in [0.15, 0.2) is 0 Å². The number of carbonyl (C=O) groups is 1. The van der Waals surface area contributed by atoms with Gasteiger partial charge in [-0.2, -0.15) is 0 Å². The van der Waals surface area contributed by atoms with Crippen LogP contribution < -0.4 is 5.32 Å². The summed E-state index contributed by atoms with van der Waals surface area (Å²) in [4.78, 5) is 10.9. The van der Waals surface area contributed by atoms with Crippen molar-refractivity contribution in [3.8, 4) is 0 Å². The van der Waals surface area contributed by atoms with Crippen LogP contribution in [-0.2, 0) is 9.53 Å². The molecule has 0 aromatic heterocycles. The predicted molar refractivity (Wildman–Crippen MR) is 53.2 cm³/mol. The lowest BCUT2D eigenvalue weighted by Crippen LogP contribution is -2.44. The Morgan fingerprint density at radius 1 is 1.50 bits per heavy atom. The van der Waals surface area contributed by atoms with E-state index in [1.165, 1.54) is 0 Å². The number of hydrogen-bond donors (Lipinski definition) is 2. The van der Waals surface area contributed by atoms with Crippen molar-refractivity contribution in [1.29, 1.82) is 0 Å². The van der Waals surface area contributed by atoms with Gasteiger partial charge in [0.1, 0.15) is 0 Å². The fourth-order valence-corrected chi connectivity index (χ4v) is 1.79. The molecule has 0 aliphatic carbocycles. The lowest BCUT2D eigenvalue weighted by Gasteiger charge is -2.22. The molecule has 4 heteroatoms. The number of carboxylic acids is 1. The summed E-state index contributed by atoms with van der Waals surface area (Å²) in [6, 6.07) is 0.390. The van der Waals surface area contributed by atoms with E-state index in [1.807, 2.05) is 0 Å². The van der Waals surface area contributed by atoms with Gasteiger partial charge in [-0.25, -0.2) is 0 Å². The number of hydrogen-bond acceptors (Lipinski definition) is 3. The molecule has 0 aromatic rings. The van der Waals surface area contributed by atoms with Gasteiger partial charge in [-0.3, -0.25) is 4.79 Å². The normalized spacial score (nSPS) is 27.1. The van der Waals surface area contributed by atoms with Crippen LogP contribution in [0, 0.1) is 5.92 Å². The molecule has 0 radical (unpaired) electrons. The minimum atomic E-state index is -0.758. The van der Waals surface area contributed by atoms with Crippen molar-refractivity contribution in [3.05, 3.63) is 0 Å². The molecular formula is C10H19NO3. The quantitative estimate of drug-likeness (QED) is 0.692. The van der Waals surface area contributed by atoms with Crippen LogP contribution in [0.3, 0.4) is 0 Å². The summed E-state index contributed by atoms with van der Waals surface area (Å²) in [6.07, 6.45) is 2.05. The molecule has 0 saturated carbocycles. The lowest BCUT2D eigenvalue weighted by atomic mass is 10.0. The molecule has 82 valence electrons. The summed E-state index contributed by atoms with van der Waals surface area (Å²) in [5, 5.41) is 12.3. The van der Waals surface area contributed by atoms with Crippen LogP contribution in [0.2, 0.25) is 0 Å². The molecule has 2 N–H and O–H groups in total. The monoisotopic (exact) mass is 201 g/mol. The summed E-state index contributed by atoms with van der Waals surface area (Å²) < 4.78 is 5.18. The van der Waals surface area contributed by atoms with E-state index in [1.54, 1.807) is 0 Å². The van der Waals surface area contributed by atoms with Crippen LogP contribution in [0.15, 0.2) is 0 Å². The number of ether oxygens (including phenoxy) is 1. The predicted octanol–water partition coefficient (Wildman–Crippen LogP) is 0.864. The second kappa shape index (κ2) is 5.32. The smallest absolute Gasteiger partial charge is 0.310 e. The molecule has 2 atom stereocenters. The lowest BCUT2D eigenvalue weighted by molar-refractivity contribution is -0.142. The van der Waals surface area contributed by atoms with Gasteiger partial charge in [-0.1, -0.05) is 13.8 Å². The van der Waals surface area contributed by atoms with Crippen LogP contribution in [0.25, 0.3) is 0 Å². The topological polar surface area (TPSA) is 58.6 Å². The second-order valence-corrected chi connectivity index (χ2v) is 3.77. The van der Waals surface area contributed by atoms with Crippen LogP contribution in [0.1, 0.15) is 26.7 Å². The van der Waals surface area contributed by atoms with E-state index in [-0.39, 0.29) is 12.0 Å². The highest BCUT2D eigenvalue weighted by Crippen LogP contribution is 2.15. The third-order valence-corrected chi connectivity index (χ3v) is 2.83. The standard InChI is InChI=1S/C10H19NO3/c1-3-7(4-2)11-9-6-14-5-8(9)10(12)13/h7-9,11H,3-6H2,1-2H3,(H,12,13). The minimum absolute atomic E-state index is 0.0163. The first-order valence-corrected chi connectivity index (χ1v) is 5.25. The van der Waals surface area contributed by atoms with E-state index in [9.17, 15) is 4.79 Å². The Kier molecular flexibility index (Phi) is 4.35. The molecule has 2 unspecified atom stereocenters. The Morgan fingerprint density at radius 2 is 2.14 bits per heavy atom. The van der Waals surface area contributed by atoms with Crippen LogP contribution >= 0.6 is 0 Å². The van der Waals surface area contributed by atoms with E-state index in [0.29, 0.717) is 19.3 Å². The highest BCUT2D eigenvalue weighted by Gasteiger charge is 2.34. The summed E-state index contributed by atoms with van der Waals surface area (Å²) in [5.74, 6) is -1.14. The first-order chi connectivity index (χ1) is 6.69. The van der Waals surface area contributed by atoms with Gasteiger partial charge in [0, 0.05) is 12.1 Å². The molecule has 1 fully saturated rings. The fourth-order valence-electron chi connectivity index (χ4n) is 1.79. The average molecular weight is 201 g/mol. The summed E-state index contributed by atoms with van der Waals surface area (Å²) in [6.45, 7) is 5.07. The van der Waals surface area contributed by atoms with Crippen molar-refractivity contribution < 1.29 is 14.6 Å². The Balaban J connectivity index is 2.46. The van der Waals surface area contributed by atoms with Gasteiger partial charge in [-0.05, 0) is 12.8 Å². The molecule has 0 bridgehead atoms. The zero-order valence-corrected chi connectivity index (χ0v) is 8.82. The number of carboxylic acid groups (broad SMARTS) is 1. The number of aliphatic carboxylic acids is 1. The maximum absolute atomic E-state index is 10.9. The first kappa shape index (κ1) is 11.5. The Morgan fingerprint density at radius 3 is 2.64 bits per heavy atom. The number of nitrogens with one attached hydrogen (secondary N) is 1. The van der Waals surface area contributed by atoms with Gasteiger partial charge in [-0.15, -0.1) is 0 Å². The molecule has 0 amide bonds. The van der Waals surface area contributed by atoms with Gasteiger partial charge in [0.25, 0.3) is 0 Å². The van der Waals surface area contributed by atoms with Crippen molar-refractivity contribution in [2.75, 3.05) is 13.2 Å². The maximum atomic E-state index is 10.9. The van der Waals surface area contributed by atoms with Gasteiger partial charge in [0.2, 0.25) is 0 Å². The molecule has 0 spiro atoms. The van der Waals surface area contributed by atoms with Gasteiger partial charge in [0.05, 0.1) is 19.1 Å². The van der Waals surface area contributed by atoms with Crippen molar-refractivity contribution in [1.82, 2.24) is 5.32 Å². The van der Waals surface area contributed by atoms with E-state index < -0.39 is 5.97 Å². The fraction of sp³-hybridized carbons (Fsp3) is 0.900. The largest absolute Gasteiger partial charge is 0.481 e. The molecule has 1 rings (SSSR count). The van der Waals surface area contributed by atoms with Crippen LogP contribution in [-0.4, -0.2) is 36.4 Å². The molecule has 1 aliphatic rings. The molecule has 1 aliphatic heterocycles. The van der Waals surface area contributed by atoms with E-state index >= 15 is 0 Å². The van der Waals surface area contributed by atoms with Crippen molar-refractivity contribution in [3.63, 3.8) is 0 Å². The average Bonchev–Trinajstić information content (AvgIpc) is 2.62. The molecule has 1 heterocycles. The Hall–Kier alpha value is -0.610. The molecule has 1 saturated heterocycles. The zero-order valence-electron chi connectivity index (χ0n) is 8.82. The van der Waals surface area contributed by atoms with Crippen LogP contribution in [0.5, 0.6) is 0 Å². The second-order valence-electron chi connectivity index (χ2n) is 3.77. The SMILES string of the molecule is CCC(CC)NC1COCC1C(=O)O. The molecular weight excluding hydrogens is 182 g/mol. The van der Waals surface area contributed by atoms with Crippen molar-refractivity contribution in [2.45, 2.75) is 38.8 Å². The minimum Gasteiger partial charge on any atom is -0.481 e. The summed E-state index contributed by atoms with van der Waals surface area (Å²) in [7, 11) is 0. The van der Waals surface area contributed by atoms with Gasteiger partial charge >= 0.3 is 5.97 Å². The third-order valence-electron chi connectivity index (χ3n) is 2.83. The third kappa shape index (κ3) is 2.69.